The third-order valence-electron chi connectivity index (χ3n) is 2.38. The molecule has 0 aromatic heterocycles. The molecule has 0 saturated heterocycles. The number of amides is 1. The number of nitrogens with one attached hydrogen (secondary N) is 1. The highest BCUT2D eigenvalue weighted by Gasteiger charge is 2.18. The van der Waals surface area contributed by atoms with E-state index in [0.717, 1.165) is 6.92 Å². The molecule has 0 saturated carbocycles. The van der Waals surface area contributed by atoms with Crippen LogP contribution in [-0.4, -0.2) is 25.4 Å². The number of Topliss-reactive ketones (excluding diaryl/α,β-unsaturated/α-hetero) is 1. The molecule has 5 nitrogen and oxygen atoms in total. The van der Waals surface area contributed by atoms with Gasteiger partial charge in [-0.3, -0.25) is 9.59 Å². The highest BCUT2D eigenvalue weighted by molar-refractivity contribution is 7.92. The largest absolute Gasteiger partial charge is 0.319 e. The lowest BCUT2D eigenvalue weighted by Gasteiger charge is -2.08. The van der Waals surface area contributed by atoms with Crippen LogP contribution in [0.3, 0.4) is 0 Å². The molecule has 0 unspecified atom stereocenters. The SMILES string of the molecule is CC(=O)C(=O)Nc1ccc(S(=O)(=O)C(C)C)cc1. The fourth-order valence-electron chi connectivity index (χ4n) is 1.22. The number of carbonyl (C=O) groups excluding carboxylic acids is 2. The van der Waals surface area contributed by atoms with Crippen LogP contribution in [0.25, 0.3) is 0 Å². The van der Waals surface area contributed by atoms with E-state index in [9.17, 15) is 18.0 Å². The molecule has 1 aromatic carbocycles. The van der Waals surface area contributed by atoms with Gasteiger partial charge in [0.15, 0.2) is 9.84 Å². The fraction of sp³-hybridized carbons (Fsp3) is 0.333. The maximum Gasteiger partial charge on any atom is 0.291 e. The van der Waals surface area contributed by atoms with Crippen LogP contribution in [0.2, 0.25) is 0 Å². The number of benzene rings is 1. The smallest absolute Gasteiger partial charge is 0.291 e. The zero-order valence-corrected chi connectivity index (χ0v) is 11.2. The number of carbonyl (C=O) groups is 2. The molecular weight excluding hydrogens is 254 g/mol. The van der Waals surface area contributed by atoms with Crippen LogP contribution in [0.4, 0.5) is 5.69 Å². The van der Waals surface area contributed by atoms with Gasteiger partial charge in [-0.05, 0) is 38.1 Å². The van der Waals surface area contributed by atoms with E-state index in [1.165, 1.54) is 24.3 Å². The van der Waals surface area contributed by atoms with Crippen molar-refractivity contribution >= 4 is 27.2 Å². The van der Waals surface area contributed by atoms with Crippen molar-refractivity contribution in [1.29, 1.82) is 0 Å². The van der Waals surface area contributed by atoms with E-state index in [0.29, 0.717) is 5.69 Å². The van der Waals surface area contributed by atoms with Crippen molar-refractivity contribution in [2.75, 3.05) is 5.32 Å². The van der Waals surface area contributed by atoms with Gasteiger partial charge in [-0.1, -0.05) is 0 Å². The zero-order chi connectivity index (χ0) is 13.9. The average molecular weight is 269 g/mol. The van der Waals surface area contributed by atoms with Crippen LogP contribution < -0.4 is 5.32 Å². The first-order chi connectivity index (χ1) is 8.25. The standard InChI is InChI=1S/C12H15NO4S/c1-8(2)18(16,17)11-6-4-10(5-7-11)13-12(15)9(3)14/h4-8H,1-3H3,(H,13,15). The lowest BCUT2D eigenvalue weighted by molar-refractivity contribution is -0.133. The molecule has 0 heterocycles. The van der Waals surface area contributed by atoms with Crippen LogP contribution in [0, 0.1) is 0 Å². The molecule has 0 atom stereocenters. The zero-order valence-electron chi connectivity index (χ0n) is 10.4. The van der Waals surface area contributed by atoms with Gasteiger partial charge in [0.1, 0.15) is 0 Å². The summed E-state index contributed by atoms with van der Waals surface area (Å²) in [5.41, 5.74) is 0.387. The molecule has 18 heavy (non-hydrogen) atoms. The number of rotatable bonds is 4. The molecule has 1 amide bonds. The number of ketones is 1. The van der Waals surface area contributed by atoms with E-state index in [1.807, 2.05) is 0 Å². The molecule has 1 aromatic rings. The molecule has 0 aliphatic heterocycles. The van der Waals surface area contributed by atoms with Gasteiger partial charge in [-0.15, -0.1) is 0 Å². The predicted molar refractivity (Wildman–Crippen MR) is 68.1 cm³/mol. The Kier molecular flexibility index (Phi) is 4.24. The van der Waals surface area contributed by atoms with Crippen molar-refractivity contribution in [3.8, 4) is 0 Å². The Morgan fingerprint density at radius 3 is 2.00 bits per heavy atom. The van der Waals surface area contributed by atoms with E-state index in [4.69, 9.17) is 0 Å². The highest BCUT2D eigenvalue weighted by atomic mass is 32.2. The van der Waals surface area contributed by atoms with Gasteiger partial charge < -0.3 is 5.32 Å². The summed E-state index contributed by atoms with van der Waals surface area (Å²) in [4.78, 5) is 22.1. The fourth-order valence-corrected chi connectivity index (χ4v) is 2.28. The first kappa shape index (κ1) is 14.4. The number of anilines is 1. The summed E-state index contributed by atoms with van der Waals surface area (Å²) in [6.45, 7) is 4.36. The minimum atomic E-state index is -3.32. The molecule has 0 bridgehead atoms. The van der Waals surface area contributed by atoms with E-state index in [2.05, 4.69) is 5.32 Å². The van der Waals surface area contributed by atoms with Gasteiger partial charge in [-0.2, -0.15) is 0 Å². The first-order valence-electron chi connectivity index (χ1n) is 5.41. The topological polar surface area (TPSA) is 80.3 Å². The number of hydrogen-bond acceptors (Lipinski definition) is 4. The summed E-state index contributed by atoms with van der Waals surface area (Å²) in [6.07, 6.45) is 0. The Bertz CT molecular complexity index is 558. The molecule has 0 aliphatic carbocycles. The number of sulfone groups is 1. The quantitative estimate of drug-likeness (QED) is 0.838. The lowest BCUT2D eigenvalue weighted by atomic mass is 10.3. The van der Waals surface area contributed by atoms with Crippen molar-refractivity contribution in [1.82, 2.24) is 0 Å². The van der Waals surface area contributed by atoms with E-state index in [1.54, 1.807) is 13.8 Å². The van der Waals surface area contributed by atoms with E-state index >= 15 is 0 Å². The molecule has 0 radical (unpaired) electrons. The van der Waals surface area contributed by atoms with Gasteiger partial charge in [-0.25, -0.2) is 8.42 Å². The van der Waals surface area contributed by atoms with Crippen molar-refractivity contribution in [2.45, 2.75) is 30.9 Å². The van der Waals surface area contributed by atoms with Gasteiger partial charge in [0.05, 0.1) is 10.1 Å². The molecule has 0 aliphatic rings. The summed E-state index contributed by atoms with van der Waals surface area (Å²) < 4.78 is 23.7. The van der Waals surface area contributed by atoms with E-state index in [-0.39, 0.29) is 4.90 Å². The maximum atomic E-state index is 11.8. The molecule has 0 fully saturated rings. The van der Waals surface area contributed by atoms with Gasteiger partial charge >= 0.3 is 0 Å². The van der Waals surface area contributed by atoms with Gasteiger partial charge in [0, 0.05) is 12.6 Å². The second-order valence-corrected chi connectivity index (χ2v) is 6.63. The summed E-state index contributed by atoms with van der Waals surface area (Å²) in [6, 6.07) is 5.72. The molecule has 1 rings (SSSR count). The van der Waals surface area contributed by atoms with Crippen molar-refractivity contribution in [3.05, 3.63) is 24.3 Å². The minimum Gasteiger partial charge on any atom is -0.319 e. The Labute approximate surface area is 106 Å². The minimum absolute atomic E-state index is 0.193. The summed E-state index contributed by atoms with van der Waals surface area (Å²) in [7, 11) is -3.32. The van der Waals surface area contributed by atoms with Crippen molar-refractivity contribution < 1.29 is 18.0 Å². The molecule has 1 N–H and O–H groups in total. The van der Waals surface area contributed by atoms with Crippen molar-refractivity contribution in [3.63, 3.8) is 0 Å². The monoisotopic (exact) mass is 269 g/mol. The second kappa shape index (κ2) is 5.30. The maximum absolute atomic E-state index is 11.8. The summed E-state index contributed by atoms with van der Waals surface area (Å²) in [5, 5.41) is 1.86. The Balaban J connectivity index is 2.94. The molecule has 6 heteroatoms. The lowest BCUT2D eigenvalue weighted by Crippen LogP contribution is -2.19. The number of hydrogen-bond donors (Lipinski definition) is 1. The second-order valence-electron chi connectivity index (χ2n) is 4.13. The Morgan fingerprint density at radius 2 is 1.61 bits per heavy atom. The molecule has 0 spiro atoms. The van der Waals surface area contributed by atoms with Crippen LogP contribution in [0.15, 0.2) is 29.2 Å². The first-order valence-corrected chi connectivity index (χ1v) is 6.95. The highest BCUT2D eigenvalue weighted by Crippen LogP contribution is 2.18. The van der Waals surface area contributed by atoms with Crippen LogP contribution >= 0.6 is 0 Å². The predicted octanol–water partition coefficient (Wildman–Crippen LogP) is 1.40. The Morgan fingerprint density at radius 1 is 1.11 bits per heavy atom. The summed E-state index contributed by atoms with van der Waals surface area (Å²) in [5.74, 6) is -1.33. The van der Waals surface area contributed by atoms with E-state index < -0.39 is 26.8 Å². The third-order valence-corrected chi connectivity index (χ3v) is 4.55. The third kappa shape index (κ3) is 3.16. The van der Waals surface area contributed by atoms with Crippen LogP contribution in [-0.2, 0) is 19.4 Å². The Hall–Kier alpha value is -1.69. The van der Waals surface area contributed by atoms with Crippen molar-refractivity contribution in [2.24, 2.45) is 0 Å². The van der Waals surface area contributed by atoms with Crippen LogP contribution in [0.1, 0.15) is 20.8 Å². The molecule has 98 valence electrons. The average Bonchev–Trinajstić information content (AvgIpc) is 2.29. The van der Waals surface area contributed by atoms with Gasteiger partial charge in [0.25, 0.3) is 5.91 Å². The normalized spacial score (nSPS) is 11.3. The molecular formula is C12H15NO4S. The summed E-state index contributed by atoms with van der Waals surface area (Å²) >= 11 is 0. The van der Waals surface area contributed by atoms with Crippen LogP contribution in [0.5, 0.6) is 0 Å². The van der Waals surface area contributed by atoms with Gasteiger partial charge in [0.2, 0.25) is 5.78 Å².